The summed E-state index contributed by atoms with van der Waals surface area (Å²) in [6.07, 6.45) is 8.09. The van der Waals surface area contributed by atoms with Gasteiger partial charge >= 0.3 is 0 Å². The molecule has 11 nitrogen and oxygen atoms in total. The molecule has 32 heavy (non-hydrogen) atoms. The van der Waals surface area contributed by atoms with Crippen LogP contribution in [0.5, 0.6) is 0 Å². The molecular weight excluding hydrogens is 412 g/mol. The van der Waals surface area contributed by atoms with E-state index in [9.17, 15) is 9.59 Å². The highest BCUT2D eigenvalue weighted by molar-refractivity contribution is 5.94. The number of carbonyl (C=O) groups excluding carboxylic acids is 2. The molecule has 5 rings (SSSR count). The van der Waals surface area contributed by atoms with Crippen molar-refractivity contribution < 1.29 is 14.3 Å². The predicted octanol–water partition coefficient (Wildman–Crippen LogP) is 0.177. The van der Waals surface area contributed by atoms with Crippen molar-refractivity contribution in [1.82, 2.24) is 40.5 Å². The molecule has 172 valence electrons. The molecule has 2 aromatic heterocycles. The molecule has 3 fully saturated rings. The van der Waals surface area contributed by atoms with Crippen LogP contribution in [-0.4, -0.2) is 92.4 Å². The van der Waals surface area contributed by atoms with Crippen molar-refractivity contribution >= 4 is 11.8 Å². The molecule has 2 aliphatic heterocycles. The van der Waals surface area contributed by atoms with Crippen molar-refractivity contribution in [1.29, 1.82) is 0 Å². The van der Waals surface area contributed by atoms with Gasteiger partial charge in [-0.15, -0.1) is 0 Å². The summed E-state index contributed by atoms with van der Waals surface area (Å²) in [7, 11) is 0. The van der Waals surface area contributed by atoms with Gasteiger partial charge in [0.25, 0.3) is 5.91 Å². The first-order valence-corrected chi connectivity index (χ1v) is 11.4. The molecule has 0 aromatic carbocycles. The number of nitrogens with one attached hydrogen (secondary N) is 3. The molecule has 2 aromatic rings. The third-order valence-corrected chi connectivity index (χ3v) is 7.41. The second-order valence-electron chi connectivity index (χ2n) is 9.05. The molecule has 0 bridgehead atoms. The zero-order valence-corrected chi connectivity index (χ0v) is 18.1. The van der Waals surface area contributed by atoms with Crippen LogP contribution in [0.4, 0.5) is 0 Å². The zero-order valence-electron chi connectivity index (χ0n) is 18.1. The number of ether oxygens (including phenoxy) is 1. The number of likely N-dealkylation sites (tertiary alicyclic amines) is 1. The van der Waals surface area contributed by atoms with E-state index in [1.807, 2.05) is 4.90 Å². The molecule has 0 radical (unpaired) electrons. The lowest BCUT2D eigenvalue weighted by molar-refractivity contribution is -0.143. The Labute approximate surface area is 186 Å². The topological polar surface area (TPSA) is 132 Å². The first-order valence-electron chi connectivity index (χ1n) is 11.4. The van der Waals surface area contributed by atoms with Crippen molar-refractivity contribution in [3.63, 3.8) is 0 Å². The molecular formula is C21H30N8O3. The number of piperidine rings is 1. The smallest absolute Gasteiger partial charge is 0.257 e. The number of aromatic nitrogens is 5. The average molecular weight is 443 g/mol. The lowest BCUT2D eigenvalue weighted by Gasteiger charge is -2.53. The van der Waals surface area contributed by atoms with Crippen molar-refractivity contribution in [2.24, 2.45) is 11.3 Å². The van der Waals surface area contributed by atoms with Crippen LogP contribution < -0.4 is 5.32 Å². The lowest BCUT2D eigenvalue weighted by Crippen LogP contribution is -2.61. The highest BCUT2D eigenvalue weighted by atomic mass is 16.5. The number of aromatic amines is 2. The highest BCUT2D eigenvalue weighted by Gasteiger charge is 2.53. The monoisotopic (exact) mass is 442 g/mol. The molecule has 0 spiro atoms. The molecule has 1 aliphatic carbocycles. The standard InChI is InChI=1S/C21H30N8O3/c30-19(15-10-24-25-11-15)29-4-2-16-9-17(28-5-7-32-8-6-28)1-3-21(16,13-29)20(31)22-12-18-23-14-26-27-18/h10-11,14,16-17H,1-9,12-13H2,(H,22,31)(H,24,25)(H,23,26,27)/t16-,17+,21-/m1/s1. The van der Waals surface area contributed by atoms with Gasteiger partial charge in [0.1, 0.15) is 12.2 Å². The number of hydrogen-bond acceptors (Lipinski definition) is 7. The van der Waals surface area contributed by atoms with Crippen LogP contribution in [0, 0.1) is 11.3 Å². The van der Waals surface area contributed by atoms with E-state index in [4.69, 9.17) is 4.74 Å². The fraction of sp³-hybridized carbons (Fsp3) is 0.667. The van der Waals surface area contributed by atoms with Gasteiger partial charge in [0.05, 0.1) is 36.9 Å². The van der Waals surface area contributed by atoms with Crippen molar-refractivity contribution in [2.75, 3.05) is 39.4 Å². The fourth-order valence-corrected chi connectivity index (χ4v) is 5.66. The van der Waals surface area contributed by atoms with E-state index in [-0.39, 0.29) is 17.7 Å². The summed E-state index contributed by atoms with van der Waals surface area (Å²) in [6.45, 7) is 4.84. The fourth-order valence-electron chi connectivity index (χ4n) is 5.66. The number of nitrogens with zero attached hydrogens (tertiary/aromatic N) is 5. The predicted molar refractivity (Wildman–Crippen MR) is 113 cm³/mol. The molecule has 3 aliphatic rings. The molecule has 11 heteroatoms. The quantitative estimate of drug-likeness (QED) is 0.602. The van der Waals surface area contributed by atoms with Gasteiger partial charge in [-0.2, -0.15) is 10.2 Å². The molecule has 2 amide bonds. The van der Waals surface area contributed by atoms with Crippen LogP contribution in [0.2, 0.25) is 0 Å². The van der Waals surface area contributed by atoms with E-state index >= 15 is 0 Å². The van der Waals surface area contributed by atoms with Crippen LogP contribution in [-0.2, 0) is 16.1 Å². The van der Waals surface area contributed by atoms with Gasteiger partial charge in [0.2, 0.25) is 5.91 Å². The molecule has 3 N–H and O–H groups in total. The Balaban J connectivity index is 1.34. The Morgan fingerprint density at radius 2 is 2.09 bits per heavy atom. The normalized spacial score (nSPS) is 28.8. The number of carbonyl (C=O) groups is 2. The van der Waals surface area contributed by atoms with Crippen LogP contribution >= 0.6 is 0 Å². The molecule has 2 saturated heterocycles. The van der Waals surface area contributed by atoms with Crippen molar-refractivity contribution in [3.8, 4) is 0 Å². The maximum Gasteiger partial charge on any atom is 0.257 e. The van der Waals surface area contributed by atoms with Gasteiger partial charge in [-0.05, 0) is 31.6 Å². The van der Waals surface area contributed by atoms with Gasteiger partial charge in [-0.3, -0.25) is 24.7 Å². The minimum absolute atomic E-state index is 0.00372. The van der Waals surface area contributed by atoms with E-state index in [2.05, 4.69) is 35.6 Å². The van der Waals surface area contributed by atoms with Gasteiger partial charge in [0.15, 0.2) is 0 Å². The maximum absolute atomic E-state index is 13.6. The van der Waals surface area contributed by atoms with Crippen LogP contribution in [0.1, 0.15) is 41.9 Å². The Kier molecular flexibility index (Phi) is 5.92. The summed E-state index contributed by atoms with van der Waals surface area (Å²) >= 11 is 0. The van der Waals surface area contributed by atoms with E-state index in [0.29, 0.717) is 37.1 Å². The highest BCUT2D eigenvalue weighted by Crippen LogP contribution is 2.48. The number of fused-ring (bicyclic) bond motifs is 1. The first kappa shape index (κ1) is 21.1. The second-order valence-corrected chi connectivity index (χ2v) is 9.05. The Bertz CT molecular complexity index is 912. The van der Waals surface area contributed by atoms with E-state index < -0.39 is 5.41 Å². The summed E-state index contributed by atoms with van der Waals surface area (Å²) in [4.78, 5) is 35.1. The maximum atomic E-state index is 13.6. The van der Waals surface area contributed by atoms with Crippen LogP contribution in [0.15, 0.2) is 18.7 Å². The SMILES string of the molecule is O=C(c1cn[nH]c1)N1CC[C@@H]2C[C@@H](N3CCOCC3)CC[C@@]2(C(=O)NCc2ncn[nH]2)C1. The number of hydrogen-bond donors (Lipinski definition) is 3. The van der Waals surface area contributed by atoms with E-state index in [0.717, 1.165) is 52.0 Å². The van der Waals surface area contributed by atoms with E-state index in [1.54, 1.807) is 12.4 Å². The Morgan fingerprint density at radius 3 is 2.84 bits per heavy atom. The van der Waals surface area contributed by atoms with Gasteiger partial charge < -0.3 is 15.0 Å². The average Bonchev–Trinajstić information content (AvgIpc) is 3.56. The summed E-state index contributed by atoms with van der Waals surface area (Å²) in [5, 5.41) is 16.3. The molecule has 3 atom stereocenters. The minimum Gasteiger partial charge on any atom is -0.379 e. The summed E-state index contributed by atoms with van der Waals surface area (Å²) in [5.41, 5.74) is -0.0665. The molecule has 4 heterocycles. The van der Waals surface area contributed by atoms with Gasteiger partial charge in [0, 0.05) is 38.4 Å². The van der Waals surface area contributed by atoms with E-state index in [1.165, 1.54) is 6.33 Å². The first-order chi connectivity index (χ1) is 15.7. The number of rotatable bonds is 5. The number of morpholine rings is 1. The van der Waals surface area contributed by atoms with Gasteiger partial charge in [-0.25, -0.2) is 4.98 Å². The van der Waals surface area contributed by atoms with Crippen LogP contribution in [0.25, 0.3) is 0 Å². The van der Waals surface area contributed by atoms with Crippen molar-refractivity contribution in [3.05, 3.63) is 30.1 Å². The minimum atomic E-state index is -0.597. The third-order valence-electron chi connectivity index (χ3n) is 7.41. The Morgan fingerprint density at radius 1 is 1.22 bits per heavy atom. The largest absolute Gasteiger partial charge is 0.379 e. The van der Waals surface area contributed by atoms with Crippen molar-refractivity contribution in [2.45, 2.75) is 38.3 Å². The molecule has 1 saturated carbocycles. The molecule has 0 unspecified atom stereocenters. The Hall–Kier alpha value is -2.79. The lowest BCUT2D eigenvalue weighted by atomic mass is 9.60. The third kappa shape index (κ3) is 4.02. The van der Waals surface area contributed by atoms with Gasteiger partial charge in [-0.1, -0.05) is 0 Å². The van der Waals surface area contributed by atoms with Crippen LogP contribution in [0.3, 0.4) is 0 Å². The zero-order chi connectivity index (χ0) is 22.0. The number of H-pyrrole nitrogens is 2. The summed E-state index contributed by atoms with van der Waals surface area (Å²) in [6, 6.07) is 0.468. The number of amides is 2. The second kappa shape index (κ2) is 8.99. The summed E-state index contributed by atoms with van der Waals surface area (Å²) < 4.78 is 5.53. The summed E-state index contributed by atoms with van der Waals surface area (Å²) in [5.74, 6) is 0.779.